The van der Waals surface area contributed by atoms with Crippen molar-refractivity contribution in [3.63, 3.8) is 0 Å². The summed E-state index contributed by atoms with van der Waals surface area (Å²) in [6, 6.07) is 15.4. The maximum atomic E-state index is 15.6. The van der Waals surface area contributed by atoms with E-state index in [1.807, 2.05) is 37.3 Å². The Morgan fingerprint density at radius 2 is 1.91 bits per heavy atom. The fraction of sp³-hybridized carbons (Fsp3) is 0.361. The summed E-state index contributed by atoms with van der Waals surface area (Å²) in [4.78, 5) is 19.2. The number of carboxylic acid groups (broad SMARTS) is 1. The van der Waals surface area contributed by atoms with E-state index < -0.39 is 23.0 Å². The molecule has 3 aromatic carbocycles. The number of hydrogen-bond acceptors (Lipinski definition) is 6. The van der Waals surface area contributed by atoms with Crippen LogP contribution in [0, 0.1) is 17.0 Å². The molecule has 0 spiro atoms. The smallest absolute Gasteiger partial charge is 0.303 e. The summed E-state index contributed by atoms with van der Waals surface area (Å²) in [5, 5.41) is 14.9. The quantitative estimate of drug-likeness (QED) is 0.204. The Morgan fingerprint density at radius 3 is 2.72 bits per heavy atom. The summed E-state index contributed by atoms with van der Waals surface area (Å²) in [6.45, 7) is 6.99. The lowest BCUT2D eigenvalue weighted by molar-refractivity contribution is -0.136. The first-order valence-electron chi connectivity index (χ1n) is 15.6. The topological polar surface area (TPSA) is 102 Å². The molecule has 47 heavy (non-hydrogen) atoms. The Morgan fingerprint density at radius 1 is 1.09 bits per heavy atom. The molecule has 0 fully saturated rings. The first-order chi connectivity index (χ1) is 22.4. The molecule has 0 saturated heterocycles. The van der Waals surface area contributed by atoms with E-state index in [9.17, 15) is 9.90 Å². The normalized spacial score (nSPS) is 18.6. The lowest BCUT2D eigenvalue weighted by Gasteiger charge is -2.31. The van der Waals surface area contributed by atoms with E-state index in [0.717, 1.165) is 33.6 Å². The largest absolute Gasteiger partial charge is 0.481 e. The Balaban J connectivity index is 1.46. The van der Waals surface area contributed by atoms with Gasteiger partial charge in [0.15, 0.2) is 23.2 Å². The minimum absolute atomic E-state index is 0.0106. The van der Waals surface area contributed by atoms with Gasteiger partial charge in [-0.15, -0.1) is 0 Å². The lowest BCUT2D eigenvalue weighted by atomic mass is 9.81. The van der Waals surface area contributed by atoms with Crippen LogP contribution in [0.15, 0.2) is 60.8 Å². The van der Waals surface area contributed by atoms with Crippen LogP contribution in [-0.4, -0.2) is 55.5 Å². The Bertz CT molecular complexity index is 1940. The van der Waals surface area contributed by atoms with Gasteiger partial charge in [0.05, 0.1) is 24.2 Å². The van der Waals surface area contributed by atoms with Crippen LogP contribution < -0.4 is 4.74 Å². The van der Waals surface area contributed by atoms with Gasteiger partial charge in [-0.05, 0) is 66.3 Å². The van der Waals surface area contributed by atoms with Crippen LogP contribution in [0.3, 0.4) is 0 Å². The van der Waals surface area contributed by atoms with Crippen molar-refractivity contribution in [2.45, 2.75) is 45.4 Å². The van der Waals surface area contributed by atoms with Gasteiger partial charge in [-0.1, -0.05) is 38.1 Å². The SMILES string of the molecule is Cn1nc2nc1-c1cc(ccc1F)Oc1c(F)cc3[nH]ccc3c1CCSCC(C)(C)COCC2(C)c1cccc(CCC(=O)O)c1. The number of aromatic nitrogens is 4. The summed E-state index contributed by atoms with van der Waals surface area (Å²) in [7, 11) is 1.70. The number of hydrogen-bond donors (Lipinski definition) is 2. The number of aliphatic carboxylic acids is 1. The molecule has 1 unspecified atom stereocenters. The van der Waals surface area contributed by atoms with Crippen LogP contribution in [-0.2, 0) is 34.8 Å². The van der Waals surface area contributed by atoms with Crippen molar-refractivity contribution in [2.75, 3.05) is 24.7 Å². The molecule has 3 heterocycles. The summed E-state index contributed by atoms with van der Waals surface area (Å²) >= 11 is 1.77. The first kappa shape index (κ1) is 32.7. The van der Waals surface area contributed by atoms with Gasteiger partial charge in [0, 0.05) is 48.0 Å². The van der Waals surface area contributed by atoms with Crippen molar-refractivity contribution in [3.8, 4) is 22.9 Å². The molecule has 246 valence electrons. The number of benzene rings is 3. The highest BCUT2D eigenvalue weighted by Gasteiger charge is 2.36. The molecule has 0 saturated carbocycles. The molecule has 2 N–H and O–H groups in total. The van der Waals surface area contributed by atoms with E-state index in [0.29, 0.717) is 30.8 Å². The van der Waals surface area contributed by atoms with Crippen molar-refractivity contribution in [1.82, 2.24) is 19.7 Å². The third kappa shape index (κ3) is 6.92. The third-order valence-electron chi connectivity index (χ3n) is 8.59. The second-order valence-electron chi connectivity index (χ2n) is 13.1. The van der Waals surface area contributed by atoms with Crippen LogP contribution in [0.25, 0.3) is 22.3 Å². The molecule has 0 radical (unpaired) electrons. The van der Waals surface area contributed by atoms with E-state index in [4.69, 9.17) is 19.6 Å². The van der Waals surface area contributed by atoms with Crippen LogP contribution >= 0.6 is 11.8 Å². The predicted molar refractivity (Wildman–Crippen MR) is 179 cm³/mol. The summed E-state index contributed by atoms with van der Waals surface area (Å²) in [5.41, 5.74) is 2.29. The van der Waals surface area contributed by atoms with Crippen molar-refractivity contribution in [2.24, 2.45) is 12.5 Å². The molecule has 11 heteroatoms. The van der Waals surface area contributed by atoms with Crippen LogP contribution in [0.2, 0.25) is 0 Å². The number of ether oxygens (including phenoxy) is 2. The zero-order valence-corrected chi connectivity index (χ0v) is 27.7. The third-order valence-corrected chi connectivity index (χ3v) is 10.1. The predicted octanol–water partition coefficient (Wildman–Crippen LogP) is 7.69. The zero-order valence-electron chi connectivity index (χ0n) is 26.9. The highest BCUT2D eigenvalue weighted by atomic mass is 32.2. The number of thioether (sulfide) groups is 1. The van der Waals surface area contributed by atoms with Crippen LogP contribution in [0.4, 0.5) is 8.78 Å². The fourth-order valence-corrected chi connectivity index (χ4v) is 7.11. The molecule has 2 aromatic heterocycles. The van der Waals surface area contributed by atoms with Gasteiger partial charge in [0.25, 0.3) is 0 Å². The molecule has 5 aromatic rings. The maximum Gasteiger partial charge on any atom is 0.303 e. The number of fused-ring (bicyclic) bond motifs is 8. The van der Waals surface area contributed by atoms with Crippen molar-refractivity contribution in [3.05, 3.63) is 94.9 Å². The Kier molecular flexibility index (Phi) is 9.13. The number of H-pyrrole nitrogens is 1. The van der Waals surface area contributed by atoms with E-state index in [1.165, 1.54) is 28.9 Å². The van der Waals surface area contributed by atoms with Gasteiger partial charge in [-0.2, -0.15) is 16.9 Å². The lowest BCUT2D eigenvalue weighted by Crippen LogP contribution is -2.34. The van der Waals surface area contributed by atoms with E-state index >= 15 is 8.78 Å². The molecular weight excluding hydrogens is 622 g/mol. The second-order valence-corrected chi connectivity index (χ2v) is 14.2. The monoisotopic (exact) mass is 660 g/mol. The summed E-state index contributed by atoms with van der Waals surface area (Å²) in [5.74, 6) is 0.738. The van der Waals surface area contributed by atoms with Crippen LogP contribution in [0.5, 0.6) is 11.5 Å². The molecular formula is C36H38F2N4O4S. The molecule has 6 rings (SSSR count). The molecule has 0 amide bonds. The number of rotatable bonds is 4. The number of aryl methyl sites for hydroxylation is 3. The van der Waals surface area contributed by atoms with Crippen LogP contribution in [0.1, 0.15) is 49.7 Å². The Hall–Kier alpha value is -4.22. The van der Waals surface area contributed by atoms with Crippen molar-refractivity contribution < 1.29 is 28.2 Å². The maximum absolute atomic E-state index is 15.6. The summed E-state index contributed by atoms with van der Waals surface area (Å²) in [6.07, 6.45) is 2.74. The summed E-state index contributed by atoms with van der Waals surface area (Å²) < 4.78 is 45.3. The van der Waals surface area contributed by atoms with Crippen molar-refractivity contribution in [1.29, 1.82) is 0 Å². The molecule has 0 aliphatic carbocycles. The average molecular weight is 661 g/mol. The molecule has 4 bridgehead atoms. The number of aromatic amines is 1. The van der Waals surface area contributed by atoms with Gasteiger partial charge in [0.2, 0.25) is 0 Å². The number of carboxylic acids is 1. The standard InChI is InChI=1S/C36H38F2N4O4S/c1-35(2)19-45-20-36(3,23-7-5-6-22(16-23)8-11-31(43)44)34-40-33(42(4)41-34)27-17-24(9-10-28(27)37)46-32-26(13-15-47-21-35)25-12-14-39-30(25)18-29(32)38/h5-7,9-10,12,14,16-18,39H,8,11,13,15,19-21H2,1-4H3,(H,43,44). The first-order valence-corrected chi connectivity index (χ1v) is 16.7. The highest BCUT2D eigenvalue weighted by molar-refractivity contribution is 7.99. The second kappa shape index (κ2) is 13.1. The van der Waals surface area contributed by atoms with Gasteiger partial charge >= 0.3 is 5.97 Å². The number of carbonyl (C=O) groups is 1. The van der Waals surface area contributed by atoms with Gasteiger partial charge in [0.1, 0.15) is 11.6 Å². The molecule has 1 aliphatic rings. The zero-order chi connectivity index (χ0) is 33.3. The molecule has 8 nitrogen and oxygen atoms in total. The highest BCUT2D eigenvalue weighted by Crippen LogP contribution is 2.39. The van der Waals surface area contributed by atoms with Gasteiger partial charge in [-0.25, -0.2) is 18.4 Å². The Labute approximate surface area is 276 Å². The number of halogens is 2. The minimum Gasteiger partial charge on any atom is -0.481 e. The van der Waals surface area contributed by atoms with E-state index in [-0.39, 0.29) is 41.3 Å². The van der Waals surface area contributed by atoms with Crippen molar-refractivity contribution >= 4 is 28.6 Å². The van der Waals surface area contributed by atoms with E-state index in [1.54, 1.807) is 25.0 Å². The molecule has 1 atom stereocenters. The number of nitrogens with zero attached hydrogens (tertiary/aromatic N) is 3. The molecule has 1 aliphatic heterocycles. The van der Waals surface area contributed by atoms with Gasteiger partial charge in [-0.3, -0.25) is 4.79 Å². The van der Waals surface area contributed by atoms with Gasteiger partial charge < -0.3 is 19.6 Å². The van der Waals surface area contributed by atoms with E-state index in [2.05, 4.69) is 18.8 Å². The average Bonchev–Trinajstić information content (AvgIpc) is 3.66. The fourth-order valence-electron chi connectivity index (χ4n) is 5.99. The number of nitrogens with one attached hydrogen (secondary N) is 1. The minimum atomic E-state index is -0.866.